The molecule has 2 nitrogen and oxygen atoms in total. The van der Waals surface area contributed by atoms with Crippen LogP contribution >= 0.6 is 0 Å². The van der Waals surface area contributed by atoms with E-state index in [9.17, 15) is 13.6 Å². The molecule has 2 saturated carbocycles. The Labute approximate surface area is 119 Å². The van der Waals surface area contributed by atoms with Gasteiger partial charge in [0, 0.05) is 0 Å². The smallest absolute Gasteiger partial charge is 0.312 e. The normalized spacial score (nSPS) is 42.4. The molecule has 116 valence electrons. The number of halogens is 2. The molecule has 2 aliphatic carbocycles. The molecule has 2 unspecified atom stereocenters. The number of hydrogen-bond acceptors (Lipinski definition) is 1. The molecular formula is C16H26F2O2. The Morgan fingerprint density at radius 1 is 1.05 bits per heavy atom. The highest BCUT2D eigenvalue weighted by Crippen LogP contribution is 2.43. The molecule has 0 aromatic heterocycles. The molecule has 0 radical (unpaired) electrons. The maximum absolute atomic E-state index is 13.9. The van der Waals surface area contributed by atoms with Crippen LogP contribution in [0.3, 0.4) is 0 Å². The van der Waals surface area contributed by atoms with Crippen LogP contribution in [0.5, 0.6) is 0 Å². The van der Waals surface area contributed by atoms with E-state index in [0.29, 0.717) is 5.92 Å². The summed E-state index contributed by atoms with van der Waals surface area (Å²) in [6.45, 7) is 2.20. The Balaban J connectivity index is 1.88. The monoisotopic (exact) mass is 288 g/mol. The largest absolute Gasteiger partial charge is 0.481 e. The number of aliphatic carboxylic acids is 1. The number of hydrogen-bond donors (Lipinski definition) is 1. The fourth-order valence-corrected chi connectivity index (χ4v) is 4.25. The van der Waals surface area contributed by atoms with Crippen LogP contribution in [0.4, 0.5) is 8.78 Å². The maximum Gasteiger partial charge on any atom is 0.312 e. The Hall–Kier alpha value is -0.670. The molecule has 2 fully saturated rings. The molecule has 2 aliphatic rings. The van der Waals surface area contributed by atoms with Crippen LogP contribution in [0, 0.1) is 23.7 Å². The molecule has 1 N–H and O–H groups in total. The first-order valence-electron chi connectivity index (χ1n) is 8.03. The highest BCUT2D eigenvalue weighted by molar-refractivity contribution is 5.71. The van der Waals surface area contributed by atoms with Crippen LogP contribution in [0.2, 0.25) is 0 Å². The van der Waals surface area contributed by atoms with E-state index >= 15 is 0 Å². The third kappa shape index (κ3) is 3.50. The van der Waals surface area contributed by atoms with Gasteiger partial charge in [0.1, 0.15) is 18.3 Å². The van der Waals surface area contributed by atoms with E-state index in [1.54, 1.807) is 0 Å². The molecule has 0 spiro atoms. The van der Waals surface area contributed by atoms with Crippen molar-refractivity contribution >= 4 is 5.97 Å². The molecule has 0 amide bonds. The topological polar surface area (TPSA) is 37.3 Å². The number of rotatable bonds is 4. The lowest BCUT2D eigenvalue weighted by molar-refractivity contribution is -0.150. The Morgan fingerprint density at radius 3 is 2.05 bits per heavy atom. The molecule has 20 heavy (non-hydrogen) atoms. The van der Waals surface area contributed by atoms with Crippen molar-refractivity contribution < 1.29 is 18.7 Å². The summed E-state index contributed by atoms with van der Waals surface area (Å²) in [5, 5.41) is 8.89. The maximum atomic E-state index is 13.9. The third-order valence-corrected chi connectivity index (χ3v) is 5.38. The van der Waals surface area contributed by atoms with Crippen LogP contribution < -0.4 is 0 Å². The van der Waals surface area contributed by atoms with Crippen molar-refractivity contribution in [2.24, 2.45) is 23.7 Å². The minimum atomic E-state index is -1.52. The lowest BCUT2D eigenvalue weighted by Crippen LogP contribution is -2.42. The predicted molar refractivity (Wildman–Crippen MR) is 74.0 cm³/mol. The van der Waals surface area contributed by atoms with Gasteiger partial charge in [0.2, 0.25) is 0 Å². The van der Waals surface area contributed by atoms with E-state index in [1.165, 1.54) is 25.7 Å². The summed E-state index contributed by atoms with van der Waals surface area (Å²) < 4.78 is 27.9. The van der Waals surface area contributed by atoms with Crippen molar-refractivity contribution in [3.8, 4) is 0 Å². The van der Waals surface area contributed by atoms with Crippen molar-refractivity contribution in [1.29, 1.82) is 0 Å². The van der Waals surface area contributed by atoms with E-state index in [4.69, 9.17) is 5.11 Å². The Morgan fingerprint density at radius 2 is 1.60 bits per heavy atom. The van der Waals surface area contributed by atoms with Gasteiger partial charge >= 0.3 is 5.97 Å². The second-order valence-electron chi connectivity index (χ2n) is 6.70. The molecule has 0 aromatic rings. The Bertz CT molecular complexity index is 314. The zero-order valence-electron chi connectivity index (χ0n) is 12.2. The van der Waals surface area contributed by atoms with Gasteiger partial charge in [-0.15, -0.1) is 0 Å². The van der Waals surface area contributed by atoms with Gasteiger partial charge < -0.3 is 5.11 Å². The van der Waals surface area contributed by atoms with E-state index in [-0.39, 0.29) is 18.8 Å². The van der Waals surface area contributed by atoms with Gasteiger partial charge in [-0.05, 0) is 43.4 Å². The average Bonchev–Trinajstić information content (AvgIpc) is 2.38. The fourth-order valence-electron chi connectivity index (χ4n) is 4.25. The third-order valence-electron chi connectivity index (χ3n) is 5.38. The molecular weight excluding hydrogens is 262 g/mol. The SMILES string of the molecule is CCCC1CCC(C2CC(F)C(C(=O)O)C(F)C2)CC1. The summed E-state index contributed by atoms with van der Waals surface area (Å²) >= 11 is 0. The van der Waals surface area contributed by atoms with Gasteiger partial charge in [-0.25, -0.2) is 8.78 Å². The minimum Gasteiger partial charge on any atom is -0.481 e. The van der Waals surface area contributed by atoms with Crippen molar-refractivity contribution in [2.75, 3.05) is 0 Å². The summed E-state index contributed by atoms with van der Waals surface area (Å²) in [5.74, 6) is -1.54. The standard InChI is InChI=1S/C16H26F2O2/c1-2-3-10-4-6-11(7-5-10)12-8-13(17)15(16(19)20)14(18)9-12/h10-15H,2-9H2,1H3,(H,19,20). The zero-order chi connectivity index (χ0) is 14.7. The van der Waals surface area contributed by atoms with E-state index < -0.39 is 24.2 Å². The van der Waals surface area contributed by atoms with E-state index in [1.807, 2.05) is 0 Å². The van der Waals surface area contributed by atoms with Gasteiger partial charge in [-0.3, -0.25) is 4.79 Å². The molecule has 0 aromatic carbocycles. The molecule has 0 aliphatic heterocycles. The summed E-state index contributed by atoms with van der Waals surface area (Å²) in [5.41, 5.74) is 0. The molecule has 0 heterocycles. The highest BCUT2D eigenvalue weighted by Gasteiger charge is 2.45. The molecule has 0 bridgehead atoms. The van der Waals surface area contributed by atoms with Gasteiger partial charge in [0.25, 0.3) is 0 Å². The second kappa shape index (κ2) is 6.86. The fraction of sp³-hybridized carbons (Fsp3) is 0.938. The van der Waals surface area contributed by atoms with E-state index in [0.717, 1.165) is 18.8 Å². The van der Waals surface area contributed by atoms with Crippen molar-refractivity contribution in [1.82, 2.24) is 0 Å². The lowest BCUT2D eigenvalue weighted by atomic mass is 9.67. The zero-order valence-corrected chi connectivity index (χ0v) is 12.2. The second-order valence-corrected chi connectivity index (χ2v) is 6.70. The first-order valence-corrected chi connectivity index (χ1v) is 8.03. The van der Waals surface area contributed by atoms with Crippen LogP contribution in [-0.2, 0) is 4.79 Å². The molecule has 2 atom stereocenters. The average molecular weight is 288 g/mol. The summed E-state index contributed by atoms with van der Waals surface area (Å²) in [4.78, 5) is 10.9. The van der Waals surface area contributed by atoms with Crippen molar-refractivity contribution in [2.45, 2.75) is 70.6 Å². The molecule has 4 heteroatoms. The Kier molecular flexibility index (Phi) is 5.39. The summed E-state index contributed by atoms with van der Waals surface area (Å²) in [6.07, 6.45) is 4.37. The summed E-state index contributed by atoms with van der Waals surface area (Å²) in [7, 11) is 0. The number of alkyl halides is 2. The van der Waals surface area contributed by atoms with Gasteiger partial charge in [-0.1, -0.05) is 32.6 Å². The predicted octanol–water partition coefficient (Wildman–Crippen LogP) is 4.38. The quantitative estimate of drug-likeness (QED) is 0.833. The number of carbonyl (C=O) groups is 1. The van der Waals surface area contributed by atoms with Crippen LogP contribution in [0.25, 0.3) is 0 Å². The van der Waals surface area contributed by atoms with Crippen LogP contribution in [-0.4, -0.2) is 23.4 Å². The lowest BCUT2D eigenvalue weighted by Gasteiger charge is -2.39. The molecule has 2 rings (SSSR count). The number of carboxylic acid groups (broad SMARTS) is 1. The minimum absolute atomic E-state index is 0.0400. The molecule has 0 saturated heterocycles. The summed E-state index contributed by atoms with van der Waals surface area (Å²) in [6, 6.07) is 0. The van der Waals surface area contributed by atoms with Crippen LogP contribution in [0.1, 0.15) is 58.3 Å². The highest BCUT2D eigenvalue weighted by atomic mass is 19.1. The van der Waals surface area contributed by atoms with Crippen molar-refractivity contribution in [3.05, 3.63) is 0 Å². The van der Waals surface area contributed by atoms with Gasteiger partial charge in [0.15, 0.2) is 0 Å². The van der Waals surface area contributed by atoms with Crippen molar-refractivity contribution in [3.63, 3.8) is 0 Å². The first kappa shape index (κ1) is 15.7. The first-order chi connectivity index (χ1) is 9.52. The van der Waals surface area contributed by atoms with E-state index in [2.05, 4.69) is 6.92 Å². The van der Waals surface area contributed by atoms with Gasteiger partial charge in [-0.2, -0.15) is 0 Å². The van der Waals surface area contributed by atoms with Gasteiger partial charge in [0.05, 0.1) is 0 Å². The number of carboxylic acids is 1. The van der Waals surface area contributed by atoms with Crippen LogP contribution in [0.15, 0.2) is 0 Å².